The van der Waals surface area contributed by atoms with Crippen LogP contribution in [0.25, 0.3) is 0 Å². The number of rotatable bonds is 4. The number of carbonyl (C=O) groups is 1. The molecule has 4 heterocycles. The molecule has 0 radical (unpaired) electrons. The van der Waals surface area contributed by atoms with E-state index in [9.17, 15) is 15.0 Å². The molecule has 0 aromatic carbocycles. The quantitative estimate of drug-likeness (QED) is 0.398. The van der Waals surface area contributed by atoms with Crippen LogP contribution in [0.3, 0.4) is 0 Å². The lowest BCUT2D eigenvalue weighted by Crippen LogP contribution is -2.59. The first-order chi connectivity index (χ1) is 18.6. The predicted octanol–water partition coefficient (Wildman–Crippen LogP) is 2.21. The van der Waals surface area contributed by atoms with Crippen LogP contribution in [-0.2, 0) is 38.0 Å². The molecule has 2 aliphatic carbocycles. The van der Waals surface area contributed by atoms with Crippen molar-refractivity contribution < 1.29 is 48.2 Å². The summed E-state index contributed by atoms with van der Waals surface area (Å²) >= 11 is 0. The molecule has 0 aromatic rings. The van der Waals surface area contributed by atoms with Crippen molar-refractivity contribution in [2.24, 2.45) is 23.2 Å². The Balaban J connectivity index is 1.22. The van der Waals surface area contributed by atoms with Crippen molar-refractivity contribution in [2.75, 3.05) is 20.8 Å². The van der Waals surface area contributed by atoms with Gasteiger partial charge in [-0.2, -0.15) is 0 Å². The molecule has 0 spiro atoms. The summed E-state index contributed by atoms with van der Waals surface area (Å²) in [6, 6.07) is 0. The summed E-state index contributed by atoms with van der Waals surface area (Å²) < 4.78 is 41.3. The largest absolute Gasteiger partial charge is 0.459 e. The van der Waals surface area contributed by atoms with E-state index < -0.39 is 48.9 Å². The Morgan fingerprint density at radius 3 is 2.62 bits per heavy atom. The highest BCUT2D eigenvalue weighted by Crippen LogP contribution is 2.57. The summed E-state index contributed by atoms with van der Waals surface area (Å²) in [7, 11) is 3.09. The number of ether oxygens (including phenoxy) is 7. The SMILES string of the molecule is CO[C@H]1O[C@@]2(C)OC[C@H]3OC(=O)[C@@H]4CC=C5C[C@@H](O[C@@H]6O[C@H](C)[C@@H](O)[C@H](OC)[C@H]6O)CC[C@]5(C)[C@H]4C/C=C/1[C@H]32. The maximum Gasteiger partial charge on any atom is 0.309 e. The second-order valence-corrected chi connectivity index (χ2v) is 12.4. The van der Waals surface area contributed by atoms with Crippen molar-refractivity contribution in [3.8, 4) is 0 Å². The van der Waals surface area contributed by atoms with Crippen molar-refractivity contribution in [2.45, 2.75) is 108 Å². The van der Waals surface area contributed by atoms with Gasteiger partial charge in [-0.05, 0) is 62.9 Å². The zero-order valence-corrected chi connectivity index (χ0v) is 23.4. The molecular weight excluding hydrogens is 508 g/mol. The first-order valence-electron chi connectivity index (χ1n) is 14.2. The van der Waals surface area contributed by atoms with E-state index in [0.29, 0.717) is 25.9 Å². The molecule has 4 fully saturated rings. The van der Waals surface area contributed by atoms with Crippen LogP contribution in [-0.4, -0.2) is 92.0 Å². The van der Waals surface area contributed by atoms with Crippen LogP contribution in [0.5, 0.6) is 0 Å². The van der Waals surface area contributed by atoms with Crippen LogP contribution in [0.15, 0.2) is 23.3 Å². The molecule has 2 N–H and O–H groups in total. The lowest BCUT2D eigenvalue weighted by Gasteiger charge is -2.50. The van der Waals surface area contributed by atoms with Gasteiger partial charge in [-0.15, -0.1) is 0 Å². The van der Waals surface area contributed by atoms with E-state index in [1.165, 1.54) is 12.7 Å². The van der Waals surface area contributed by atoms with Crippen LogP contribution in [0.4, 0.5) is 0 Å². The van der Waals surface area contributed by atoms with Gasteiger partial charge >= 0.3 is 5.97 Å². The maximum atomic E-state index is 13.6. The number of carbonyl (C=O) groups excluding carboxylic acids is 1. The minimum Gasteiger partial charge on any atom is -0.459 e. The fourth-order valence-electron chi connectivity index (χ4n) is 8.03. The Bertz CT molecular complexity index is 1030. The molecule has 0 bridgehead atoms. The predicted molar refractivity (Wildman–Crippen MR) is 136 cm³/mol. The van der Waals surface area contributed by atoms with Crippen molar-refractivity contribution in [3.63, 3.8) is 0 Å². The Hall–Kier alpha value is -1.37. The molecule has 13 atom stereocenters. The molecule has 10 nitrogen and oxygen atoms in total. The van der Waals surface area contributed by atoms with Gasteiger partial charge in [0.2, 0.25) is 0 Å². The van der Waals surface area contributed by atoms with Gasteiger partial charge in [0.25, 0.3) is 0 Å². The van der Waals surface area contributed by atoms with Gasteiger partial charge in [0.15, 0.2) is 18.4 Å². The van der Waals surface area contributed by atoms with Crippen molar-refractivity contribution in [1.82, 2.24) is 0 Å². The minimum atomic E-state index is -1.09. The summed E-state index contributed by atoms with van der Waals surface area (Å²) in [6.07, 6.45) is 2.74. The summed E-state index contributed by atoms with van der Waals surface area (Å²) in [6.45, 7) is 6.21. The maximum absolute atomic E-state index is 13.6. The van der Waals surface area contributed by atoms with E-state index >= 15 is 0 Å². The van der Waals surface area contributed by atoms with E-state index in [1.807, 2.05) is 6.92 Å². The number of aliphatic hydroxyl groups excluding tert-OH is 2. The van der Waals surface area contributed by atoms with Gasteiger partial charge in [0, 0.05) is 14.2 Å². The number of fused-ring (bicyclic) bond motifs is 3. The van der Waals surface area contributed by atoms with E-state index in [1.54, 1.807) is 14.0 Å². The molecule has 10 heteroatoms. The summed E-state index contributed by atoms with van der Waals surface area (Å²) in [5.74, 6) is -1.40. The molecule has 6 aliphatic rings. The normalized spacial score (nSPS) is 52.7. The van der Waals surface area contributed by atoms with E-state index in [0.717, 1.165) is 18.4 Å². The van der Waals surface area contributed by atoms with Gasteiger partial charge < -0.3 is 43.4 Å². The number of hydrogen-bond acceptors (Lipinski definition) is 10. The molecule has 0 unspecified atom stereocenters. The van der Waals surface area contributed by atoms with Crippen molar-refractivity contribution in [3.05, 3.63) is 23.3 Å². The van der Waals surface area contributed by atoms with Gasteiger partial charge in [-0.3, -0.25) is 4.79 Å². The third-order valence-electron chi connectivity index (χ3n) is 10.3. The molecule has 39 heavy (non-hydrogen) atoms. The van der Waals surface area contributed by atoms with Gasteiger partial charge in [-0.25, -0.2) is 0 Å². The first-order valence-corrected chi connectivity index (χ1v) is 14.2. The van der Waals surface area contributed by atoms with Crippen molar-refractivity contribution in [1.29, 1.82) is 0 Å². The second kappa shape index (κ2) is 10.2. The average molecular weight is 551 g/mol. The van der Waals surface area contributed by atoms with Crippen LogP contribution in [0, 0.1) is 23.2 Å². The molecule has 218 valence electrons. The van der Waals surface area contributed by atoms with Gasteiger partial charge in [0.05, 0.1) is 30.7 Å². The molecule has 1 saturated carbocycles. The fraction of sp³-hybridized carbons (Fsp3) is 0.828. The second-order valence-electron chi connectivity index (χ2n) is 12.4. The lowest BCUT2D eigenvalue weighted by molar-refractivity contribution is -0.309. The molecule has 6 rings (SSSR count). The number of hydrogen-bond donors (Lipinski definition) is 2. The highest BCUT2D eigenvalue weighted by molar-refractivity contribution is 5.74. The smallest absolute Gasteiger partial charge is 0.309 e. The zero-order chi connectivity index (χ0) is 27.7. The highest BCUT2D eigenvalue weighted by atomic mass is 16.8. The summed E-state index contributed by atoms with van der Waals surface area (Å²) in [4.78, 5) is 13.6. The highest BCUT2D eigenvalue weighted by Gasteiger charge is 2.61. The number of esters is 1. The standard InChI is InChI=1S/C29H42O10/c1-14-22(30)24(33-4)23(31)27(36-14)37-16-10-11-28(2)15(12-16)6-7-17-19(28)9-8-18-21-20(38-25(17)32)13-35-29(21,3)39-26(18)34-5/h6,8,14,16-17,19-24,26-27,30-31H,7,9-13H2,1-5H3/b18-8+/t14-,16+,17-,19+,20-,21-,22-,23-,24+,26+,27+,28+,29-/m1/s1. The third-order valence-corrected chi connectivity index (χ3v) is 10.3. The van der Waals surface area contributed by atoms with Gasteiger partial charge in [0.1, 0.15) is 24.4 Å². The molecule has 0 amide bonds. The van der Waals surface area contributed by atoms with Gasteiger partial charge in [-0.1, -0.05) is 24.6 Å². The monoisotopic (exact) mass is 550 g/mol. The summed E-state index contributed by atoms with van der Waals surface area (Å²) in [5.41, 5.74) is 2.07. The lowest BCUT2D eigenvalue weighted by atomic mass is 9.55. The van der Waals surface area contributed by atoms with Crippen LogP contribution in [0.1, 0.15) is 52.9 Å². The Kier molecular flexibility index (Phi) is 7.24. The number of methoxy groups -OCH3 is 2. The summed E-state index contributed by atoms with van der Waals surface area (Å²) in [5, 5.41) is 21.1. The number of aliphatic hydroxyl groups is 2. The third kappa shape index (κ3) is 4.43. The van der Waals surface area contributed by atoms with E-state index in [4.69, 9.17) is 33.2 Å². The zero-order valence-electron chi connectivity index (χ0n) is 23.4. The van der Waals surface area contributed by atoms with Crippen LogP contribution in [0.2, 0.25) is 0 Å². The van der Waals surface area contributed by atoms with Crippen molar-refractivity contribution >= 4 is 5.97 Å². The Labute approximate surface area is 229 Å². The fourth-order valence-corrected chi connectivity index (χ4v) is 8.03. The molecule has 4 aliphatic heterocycles. The first kappa shape index (κ1) is 27.8. The average Bonchev–Trinajstić information content (AvgIpc) is 3.39. The molecule has 3 saturated heterocycles. The minimum absolute atomic E-state index is 0.0621. The Morgan fingerprint density at radius 1 is 1.08 bits per heavy atom. The van der Waals surface area contributed by atoms with Crippen LogP contribution < -0.4 is 0 Å². The van der Waals surface area contributed by atoms with Crippen LogP contribution >= 0.6 is 0 Å². The number of allylic oxidation sites excluding steroid dienone is 2. The molecular formula is C29H42O10. The van der Waals surface area contributed by atoms with E-state index in [-0.39, 0.29) is 35.2 Å². The molecule has 0 aromatic heterocycles. The van der Waals surface area contributed by atoms with E-state index in [2.05, 4.69) is 19.1 Å². The topological polar surface area (TPSA) is 122 Å². The Morgan fingerprint density at radius 2 is 1.87 bits per heavy atom.